The maximum Gasteiger partial charge on any atom is 0.207 e. The van der Waals surface area contributed by atoms with Crippen LogP contribution >= 0.6 is 0 Å². The van der Waals surface area contributed by atoms with E-state index in [1.54, 1.807) is 0 Å². The van der Waals surface area contributed by atoms with Crippen molar-refractivity contribution in [2.45, 2.75) is 19.4 Å². The van der Waals surface area contributed by atoms with Gasteiger partial charge < -0.3 is 5.32 Å². The minimum Gasteiger partial charge on any atom is -0.356 e. The first-order valence-electron chi connectivity index (χ1n) is 4.06. The molecule has 1 N–H and O–H groups in total. The normalized spacial score (nSPS) is 12.1. The van der Waals surface area contributed by atoms with Crippen molar-refractivity contribution in [3.8, 4) is 0 Å². The molecule has 1 atom stereocenters. The molecule has 1 rings (SSSR count). The molecule has 0 aliphatic carbocycles. The van der Waals surface area contributed by atoms with E-state index in [2.05, 4.69) is 17.4 Å². The monoisotopic (exact) mass is 163 g/mol. The van der Waals surface area contributed by atoms with E-state index >= 15 is 0 Å². The predicted octanol–water partition coefficient (Wildman–Crippen LogP) is 1.36. The third-order valence-corrected chi connectivity index (χ3v) is 1.74. The van der Waals surface area contributed by atoms with Gasteiger partial charge in [0.2, 0.25) is 6.41 Å². The smallest absolute Gasteiger partial charge is 0.207 e. The number of carbonyl (C=O) groups excluding carboxylic acids is 1. The second-order valence-corrected chi connectivity index (χ2v) is 2.88. The number of carbonyl (C=O) groups is 1. The highest BCUT2D eigenvalue weighted by atomic mass is 16.1. The van der Waals surface area contributed by atoms with Crippen molar-refractivity contribution in [3.05, 3.63) is 35.9 Å². The first-order chi connectivity index (χ1) is 5.83. The predicted molar refractivity (Wildman–Crippen MR) is 48.8 cm³/mol. The van der Waals surface area contributed by atoms with Crippen LogP contribution in [-0.4, -0.2) is 12.5 Å². The highest BCUT2D eigenvalue weighted by Crippen LogP contribution is 2.01. The Kier molecular flexibility index (Phi) is 3.33. The van der Waals surface area contributed by atoms with Crippen molar-refractivity contribution in [2.24, 2.45) is 0 Å². The third-order valence-electron chi connectivity index (χ3n) is 1.74. The van der Waals surface area contributed by atoms with Gasteiger partial charge in [-0.05, 0) is 18.9 Å². The van der Waals surface area contributed by atoms with Crippen LogP contribution in [-0.2, 0) is 11.2 Å². The van der Waals surface area contributed by atoms with E-state index in [1.165, 1.54) is 5.56 Å². The van der Waals surface area contributed by atoms with Gasteiger partial charge in [0.25, 0.3) is 0 Å². The Hall–Kier alpha value is -1.31. The van der Waals surface area contributed by atoms with Crippen LogP contribution in [0, 0.1) is 0 Å². The standard InChI is InChI=1S/C10H13NO/c1-9(11-8-12)7-10-5-3-2-4-6-10/h2-6,8-9H,7H2,1H3,(H,11,12)/t9-/m1/s1. The first kappa shape index (κ1) is 8.78. The van der Waals surface area contributed by atoms with Crippen molar-refractivity contribution in [3.63, 3.8) is 0 Å². The molecular formula is C10H13NO. The van der Waals surface area contributed by atoms with E-state index in [0.29, 0.717) is 0 Å². The fourth-order valence-electron chi connectivity index (χ4n) is 1.14. The Morgan fingerprint density at radius 3 is 2.67 bits per heavy atom. The second-order valence-electron chi connectivity index (χ2n) is 2.88. The summed E-state index contributed by atoms with van der Waals surface area (Å²) in [7, 11) is 0. The molecular weight excluding hydrogens is 150 g/mol. The van der Waals surface area contributed by atoms with Gasteiger partial charge in [0, 0.05) is 6.04 Å². The van der Waals surface area contributed by atoms with Gasteiger partial charge in [-0.3, -0.25) is 4.79 Å². The molecule has 12 heavy (non-hydrogen) atoms. The lowest BCUT2D eigenvalue weighted by Crippen LogP contribution is -2.26. The SMILES string of the molecule is C[C@H](Cc1ccccc1)NC=O. The molecule has 0 radical (unpaired) electrons. The average molecular weight is 163 g/mol. The molecule has 0 heterocycles. The van der Waals surface area contributed by atoms with Crippen LogP contribution in [0.5, 0.6) is 0 Å². The molecule has 2 heteroatoms. The zero-order valence-electron chi connectivity index (χ0n) is 7.16. The first-order valence-corrected chi connectivity index (χ1v) is 4.06. The Labute approximate surface area is 72.6 Å². The van der Waals surface area contributed by atoms with Gasteiger partial charge in [0.15, 0.2) is 0 Å². The van der Waals surface area contributed by atoms with E-state index < -0.39 is 0 Å². The van der Waals surface area contributed by atoms with Crippen molar-refractivity contribution >= 4 is 6.41 Å². The lowest BCUT2D eigenvalue weighted by atomic mass is 10.1. The van der Waals surface area contributed by atoms with Crippen LogP contribution in [0.1, 0.15) is 12.5 Å². The highest BCUT2D eigenvalue weighted by Gasteiger charge is 1.99. The van der Waals surface area contributed by atoms with Crippen LogP contribution in [0.15, 0.2) is 30.3 Å². The molecule has 1 aromatic rings. The molecule has 0 aromatic heterocycles. The molecule has 0 spiro atoms. The van der Waals surface area contributed by atoms with Crippen LogP contribution in [0.3, 0.4) is 0 Å². The second kappa shape index (κ2) is 4.54. The Morgan fingerprint density at radius 1 is 1.42 bits per heavy atom. The number of rotatable bonds is 4. The summed E-state index contributed by atoms with van der Waals surface area (Å²) in [6.45, 7) is 1.99. The van der Waals surface area contributed by atoms with E-state index in [1.807, 2.05) is 25.1 Å². The number of nitrogens with one attached hydrogen (secondary N) is 1. The van der Waals surface area contributed by atoms with Gasteiger partial charge in [-0.25, -0.2) is 0 Å². The Morgan fingerprint density at radius 2 is 2.08 bits per heavy atom. The summed E-state index contributed by atoms with van der Waals surface area (Å²) >= 11 is 0. The van der Waals surface area contributed by atoms with Gasteiger partial charge >= 0.3 is 0 Å². The number of hydrogen-bond donors (Lipinski definition) is 1. The van der Waals surface area contributed by atoms with Crippen molar-refractivity contribution in [1.29, 1.82) is 0 Å². The van der Waals surface area contributed by atoms with Gasteiger partial charge in [0.1, 0.15) is 0 Å². The number of amides is 1. The number of hydrogen-bond acceptors (Lipinski definition) is 1. The topological polar surface area (TPSA) is 29.1 Å². The summed E-state index contributed by atoms with van der Waals surface area (Å²) in [6.07, 6.45) is 1.63. The summed E-state index contributed by atoms with van der Waals surface area (Å²) < 4.78 is 0. The molecule has 2 nitrogen and oxygen atoms in total. The maximum atomic E-state index is 10.1. The average Bonchev–Trinajstić information content (AvgIpc) is 2.06. The summed E-state index contributed by atoms with van der Waals surface area (Å²) in [5, 5.41) is 2.71. The van der Waals surface area contributed by atoms with Crippen LogP contribution in [0.2, 0.25) is 0 Å². The zero-order chi connectivity index (χ0) is 8.81. The molecule has 64 valence electrons. The number of benzene rings is 1. The molecule has 0 saturated carbocycles. The summed E-state index contributed by atoms with van der Waals surface area (Å²) in [5.74, 6) is 0. The molecule has 0 aliphatic rings. The maximum absolute atomic E-state index is 10.1. The Balaban J connectivity index is 2.46. The summed E-state index contributed by atoms with van der Waals surface area (Å²) in [4.78, 5) is 10.1. The minimum atomic E-state index is 0.213. The quantitative estimate of drug-likeness (QED) is 0.667. The van der Waals surface area contributed by atoms with E-state index in [0.717, 1.165) is 12.8 Å². The molecule has 0 unspecified atom stereocenters. The molecule has 0 saturated heterocycles. The lowest BCUT2D eigenvalue weighted by Gasteiger charge is -2.08. The highest BCUT2D eigenvalue weighted by molar-refractivity contribution is 5.46. The van der Waals surface area contributed by atoms with Crippen LogP contribution in [0.25, 0.3) is 0 Å². The van der Waals surface area contributed by atoms with Gasteiger partial charge in [-0.1, -0.05) is 30.3 Å². The lowest BCUT2D eigenvalue weighted by molar-refractivity contribution is -0.110. The van der Waals surface area contributed by atoms with Gasteiger partial charge in [-0.15, -0.1) is 0 Å². The van der Waals surface area contributed by atoms with Crippen molar-refractivity contribution < 1.29 is 4.79 Å². The summed E-state index contributed by atoms with van der Waals surface area (Å²) in [6, 6.07) is 10.3. The van der Waals surface area contributed by atoms with E-state index in [9.17, 15) is 4.79 Å². The zero-order valence-corrected chi connectivity index (χ0v) is 7.16. The third kappa shape index (κ3) is 2.74. The van der Waals surface area contributed by atoms with Gasteiger partial charge in [-0.2, -0.15) is 0 Å². The summed E-state index contributed by atoms with van der Waals surface area (Å²) in [5.41, 5.74) is 1.25. The van der Waals surface area contributed by atoms with Gasteiger partial charge in [0.05, 0.1) is 0 Å². The van der Waals surface area contributed by atoms with Crippen LogP contribution < -0.4 is 5.32 Å². The molecule has 1 aromatic carbocycles. The molecule has 0 aliphatic heterocycles. The van der Waals surface area contributed by atoms with Crippen LogP contribution in [0.4, 0.5) is 0 Å². The molecule has 1 amide bonds. The van der Waals surface area contributed by atoms with E-state index in [-0.39, 0.29) is 6.04 Å². The fraction of sp³-hybridized carbons (Fsp3) is 0.300. The van der Waals surface area contributed by atoms with Crippen molar-refractivity contribution in [1.82, 2.24) is 5.32 Å². The van der Waals surface area contributed by atoms with Crippen molar-refractivity contribution in [2.75, 3.05) is 0 Å². The largest absolute Gasteiger partial charge is 0.356 e. The Bertz CT molecular complexity index is 233. The molecule has 0 bridgehead atoms. The fourth-order valence-corrected chi connectivity index (χ4v) is 1.14. The molecule has 0 fully saturated rings. The van der Waals surface area contributed by atoms with E-state index in [4.69, 9.17) is 0 Å². The minimum absolute atomic E-state index is 0.213.